The van der Waals surface area contributed by atoms with E-state index in [1.165, 1.54) is 0 Å². The van der Waals surface area contributed by atoms with Crippen LogP contribution in [0.2, 0.25) is 0 Å². The van der Waals surface area contributed by atoms with E-state index in [1.807, 2.05) is 52.0 Å². The topological polar surface area (TPSA) is 0 Å². The smallest absolute Gasteiger partial charge is 0.115 e. The second-order valence-electron chi connectivity index (χ2n) is 5.44. The number of hydrogen-bond donors (Lipinski definition) is 0. The first-order valence-electron chi connectivity index (χ1n) is 6.80. The molecule has 0 nitrogen and oxygen atoms in total. The maximum Gasteiger partial charge on any atom is 0.115 e. The number of rotatable bonds is 3. The summed E-state index contributed by atoms with van der Waals surface area (Å²) in [5, 5.41) is 0. The monoisotopic (exact) mass is 274 g/mol. The van der Waals surface area contributed by atoms with Gasteiger partial charge < -0.3 is 0 Å². The first-order valence-corrected chi connectivity index (χ1v) is 6.80. The van der Waals surface area contributed by atoms with Crippen molar-refractivity contribution in [3.05, 3.63) is 57.6 Å². The quantitative estimate of drug-likeness (QED) is 0.690. The SMILES string of the molecule is Cc1cc(-c2cc(C)c(CF)c(C)c2)cc(C)c1CF. The summed E-state index contributed by atoms with van der Waals surface area (Å²) in [6.07, 6.45) is 0. The van der Waals surface area contributed by atoms with Gasteiger partial charge in [0.15, 0.2) is 0 Å². The van der Waals surface area contributed by atoms with E-state index >= 15 is 0 Å². The van der Waals surface area contributed by atoms with Gasteiger partial charge in [-0.25, -0.2) is 8.78 Å². The fourth-order valence-electron chi connectivity index (χ4n) is 2.74. The van der Waals surface area contributed by atoms with Crippen LogP contribution in [0.25, 0.3) is 11.1 Å². The summed E-state index contributed by atoms with van der Waals surface area (Å²) in [5.74, 6) is 0. The van der Waals surface area contributed by atoms with E-state index in [-0.39, 0.29) is 0 Å². The molecular formula is C18H20F2. The van der Waals surface area contributed by atoms with Gasteiger partial charge in [-0.05, 0) is 72.2 Å². The molecule has 0 fully saturated rings. The molecule has 0 aliphatic rings. The zero-order valence-electron chi connectivity index (χ0n) is 12.5. The number of alkyl halides is 2. The molecule has 0 amide bonds. The molecule has 0 aliphatic heterocycles. The molecule has 0 saturated carbocycles. The molecule has 0 atom stereocenters. The molecule has 2 aromatic rings. The van der Waals surface area contributed by atoms with Crippen molar-refractivity contribution in [2.75, 3.05) is 0 Å². The lowest BCUT2D eigenvalue weighted by Crippen LogP contribution is -1.95. The Labute approximate surface area is 119 Å². The number of benzene rings is 2. The van der Waals surface area contributed by atoms with E-state index in [4.69, 9.17) is 0 Å². The van der Waals surface area contributed by atoms with E-state index in [2.05, 4.69) is 0 Å². The third-order valence-corrected chi connectivity index (χ3v) is 3.99. The molecule has 2 heteroatoms. The highest BCUT2D eigenvalue weighted by atomic mass is 19.1. The Kier molecular flexibility index (Phi) is 4.22. The molecule has 0 bridgehead atoms. The lowest BCUT2D eigenvalue weighted by atomic mass is 9.92. The van der Waals surface area contributed by atoms with Gasteiger partial charge in [-0.3, -0.25) is 0 Å². The van der Waals surface area contributed by atoms with Crippen LogP contribution in [0, 0.1) is 27.7 Å². The Bertz CT molecular complexity index is 538. The molecule has 0 unspecified atom stereocenters. The van der Waals surface area contributed by atoms with Crippen LogP contribution in [-0.4, -0.2) is 0 Å². The minimum Gasteiger partial charge on any atom is -0.246 e. The van der Waals surface area contributed by atoms with E-state index in [1.54, 1.807) is 0 Å². The van der Waals surface area contributed by atoms with Crippen molar-refractivity contribution in [1.29, 1.82) is 0 Å². The Morgan fingerprint density at radius 3 is 1.05 bits per heavy atom. The summed E-state index contributed by atoms with van der Waals surface area (Å²) in [4.78, 5) is 0. The highest BCUT2D eigenvalue weighted by Gasteiger charge is 2.09. The standard InChI is InChI=1S/C18H20F2/c1-11-5-15(6-12(2)17(11)9-19)16-7-13(3)18(10-20)14(4)8-16/h5-8H,9-10H2,1-4H3. The Morgan fingerprint density at radius 2 is 0.850 bits per heavy atom. The summed E-state index contributed by atoms with van der Waals surface area (Å²) in [7, 11) is 0. The lowest BCUT2D eigenvalue weighted by Gasteiger charge is -2.13. The summed E-state index contributed by atoms with van der Waals surface area (Å²) < 4.78 is 25.9. The van der Waals surface area contributed by atoms with E-state index < -0.39 is 13.3 Å². The predicted molar refractivity (Wildman–Crippen MR) is 80.5 cm³/mol. The van der Waals surface area contributed by atoms with Crippen molar-refractivity contribution >= 4 is 0 Å². The highest BCUT2D eigenvalue weighted by molar-refractivity contribution is 5.68. The van der Waals surface area contributed by atoms with Crippen molar-refractivity contribution < 1.29 is 8.78 Å². The fourth-order valence-corrected chi connectivity index (χ4v) is 2.74. The summed E-state index contributed by atoms with van der Waals surface area (Å²) in [5.41, 5.74) is 7.52. The minimum absolute atomic E-state index is 0.434. The average molecular weight is 274 g/mol. The van der Waals surface area contributed by atoms with Crippen molar-refractivity contribution in [2.45, 2.75) is 41.0 Å². The molecule has 0 aliphatic carbocycles. The molecule has 106 valence electrons. The highest BCUT2D eigenvalue weighted by Crippen LogP contribution is 2.29. The summed E-state index contributed by atoms with van der Waals surface area (Å²) in [6.45, 7) is 6.86. The zero-order chi connectivity index (χ0) is 14.9. The molecular weight excluding hydrogens is 254 g/mol. The number of aryl methyl sites for hydroxylation is 4. The van der Waals surface area contributed by atoms with Gasteiger partial charge in [-0.15, -0.1) is 0 Å². The minimum atomic E-state index is -0.434. The van der Waals surface area contributed by atoms with Crippen LogP contribution in [0.5, 0.6) is 0 Å². The van der Waals surface area contributed by atoms with Gasteiger partial charge in [-0.1, -0.05) is 24.3 Å². The normalized spacial score (nSPS) is 10.9. The van der Waals surface area contributed by atoms with Crippen LogP contribution < -0.4 is 0 Å². The molecule has 0 spiro atoms. The first kappa shape index (κ1) is 14.7. The number of halogens is 2. The second kappa shape index (κ2) is 5.74. The van der Waals surface area contributed by atoms with Gasteiger partial charge in [0.2, 0.25) is 0 Å². The Hall–Kier alpha value is -1.70. The maximum atomic E-state index is 13.0. The Morgan fingerprint density at radius 1 is 0.600 bits per heavy atom. The maximum absolute atomic E-state index is 13.0. The van der Waals surface area contributed by atoms with E-state index in [0.717, 1.165) is 44.5 Å². The van der Waals surface area contributed by atoms with Gasteiger partial charge in [-0.2, -0.15) is 0 Å². The van der Waals surface area contributed by atoms with E-state index in [0.29, 0.717) is 0 Å². The molecule has 2 rings (SSSR count). The Balaban J connectivity index is 2.58. The third-order valence-electron chi connectivity index (χ3n) is 3.99. The summed E-state index contributed by atoms with van der Waals surface area (Å²) >= 11 is 0. The molecule has 0 N–H and O–H groups in total. The van der Waals surface area contributed by atoms with Gasteiger partial charge in [0.05, 0.1) is 0 Å². The van der Waals surface area contributed by atoms with Crippen LogP contribution in [0.15, 0.2) is 24.3 Å². The molecule has 2 aromatic carbocycles. The van der Waals surface area contributed by atoms with Crippen molar-refractivity contribution in [2.24, 2.45) is 0 Å². The van der Waals surface area contributed by atoms with E-state index in [9.17, 15) is 8.78 Å². The van der Waals surface area contributed by atoms with Crippen LogP contribution in [0.3, 0.4) is 0 Å². The van der Waals surface area contributed by atoms with Crippen molar-refractivity contribution in [1.82, 2.24) is 0 Å². The largest absolute Gasteiger partial charge is 0.246 e. The average Bonchev–Trinajstić information content (AvgIpc) is 2.37. The van der Waals surface area contributed by atoms with Crippen LogP contribution in [0.4, 0.5) is 8.78 Å². The second-order valence-corrected chi connectivity index (χ2v) is 5.44. The van der Waals surface area contributed by atoms with Crippen LogP contribution in [-0.2, 0) is 13.3 Å². The fraction of sp³-hybridized carbons (Fsp3) is 0.333. The van der Waals surface area contributed by atoms with Crippen molar-refractivity contribution in [3.8, 4) is 11.1 Å². The third kappa shape index (κ3) is 2.60. The van der Waals surface area contributed by atoms with Gasteiger partial charge >= 0.3 is 0 Å². The van der Waals surface area contributed by atoms with Gasteiger partial charge in [0, 0.05) is 0 Å². The first-order chi connectivity index (χ1) is 9.47. The number of hydrogen-bond acceptors (Lipinski definition) is 0. The molecule has 0 heterocycles. The van der Waals surface area contributed by atoms with Gasteiger partial charge in [0.25, 0.3) is 0 Å². The molecule has 20 heavy (non-hydrogen) atoms. The lowest BCUT2D eigenvalue weighted by molar-refractivity contribution is 0.481. The van der Waals surface area contributed by atoms with Crippen LogP contribution >= 0.6 is 0 Å². The van der Waals surface area contributed by atoms with Gasteiger partial charge in [0.1, 0.15) is 13.3 Å². The molecule has 0 saturated heterocycles. The molecule has 0 aromatic heterocycles. The zero-order valence-corrected chi connectivity index (χ0v) is 12.5. The van der Waals surface area contributed by atoms with Crippen LogP contribution in [0.1, 0.15) is 33.4 Å². The predicted octanol–water partition coefficient (Wildman–Crippen LogP) is 5.53. The van der Waals surface area contributed by atoms with Crippen molar-refractivity contribution in [3.63, 3.8) is 0 Å². The molecule has 0 radical (unpaired) electrons. The summed E-state index contributed by atoms with van der Waals surface area (Å²) in [6, 6.07) is 8.02.